The number of rotatable bonds is 6. The molecule has 0 aliphatic carbocycles. The summed E-state index contributed by atoms with van der Waals surface area (Å²) in [6, 6.07) is 3.91. The van der Waals surface area contributed by atoms with E-state index in [1.807, 2.05) is 0 Å². The van der Waals surface area contributed by atoms with Crippen LogP contribution in [-0.4, -0.2) is 37.0 Å². The maximum absolute atomic E-state index is 12.9. The van der Waals surface area contributed by atoms with Crippen molar-refractivity contribution in [2.75, 3.05) is 7.11 Å². The molecule has 1 aromatic carbocycles. The highest BCUT2D eigenvalue weighted by Gasteiger charge is 2.24. The molecule has 0 radical (unpaired) electrons. The molecule has 0 heterocycles. The number of carbonyl (C=O) groups is 3. The maximum Gasteiger partial charge on any atom is 0.328 e. The van der Waals surface area contributed by atoms with E-state index in [4.69, 9.17) is 0 Å². The molecular weight excluding hydrogens is 291 g/mol. The van der Waals surface area contributed by atoms with Crippen LogP contribution >= 0.6 is 0 Å². The van der Waals surface area contributed by atoms with Crippen molar-refractivity contribution in [1.29, 1.82) is 0 Å². The van der Waals surface area contributed by atoms with Gasteiger partial charge in [0.2, 0.25) is 11.8 Å². The highest BCUT2D eigenvalue weighted by molar-refractivity contribution is 5.90. The van der Waals surface area contributed by atoms with Crippen LogP contribution in [0.15, 0.2) is 24.3 Å². The van der Waals surface area contributed by atoms with Gasteiger partial charge in [-0.2, -0.15) is 0 Å². The van der Waals surface area contributed by atoms with Crippen molar-refractivity contribution in [3.05, 3.63) is 35.6 Å². The number of nitrogens with one attached hydrogen (secondary N) is 2. The first-order valence-corrected chi connectivity index (χ1v) is 6.73. The van der Waals surface area contributed by atoms with Crippen LogP contribution in [0.2, 0.25) is 0 Å². The Balaban J connectivity index is 2.78. The molecule has 0 bridgehead atoms. The maximum atomic E-state index is 12.9. The van der Waals surface area contributed by atoms with E-state index in [0.717, 1.165) is 0 Å². The molecule has 0 unspecified atom stereocenters. The fourth-order valence-electron chi connectivity index (χ4n) is 1.86. The van der Waals surface area contributed by atoms with Gasteiger partial charge in [0.15, 0.2) is 0 Å². The number of ether oxygens (including phenoxy) is 1. The Bertz CT molecular complexity index is 545. The Morgan fingerprint density at radius 2 is 1.77 bits per heavy atom. The minimum atomic E-state index is -0.866. The number of halogens is 1. The lowest BCUT2D eigenvalue weighted by Crippen LogP contribution is -2.51. The molecule has 120 valence electrons. The van der Waals surface area contributed by atoms with Gasteiger partial charge in [-0.1, -0.05) is 12.1 Å². The third kappa shape index (κ3) is 5.51. The fourth-order valence-corrected chi connectivity index (χ4v) is 1.86. The predicted octanol–water partition coefficient (Wildman–Crippen LogP) is 0.551. The average molecular weight is 310 g/mol. The number of amides is 2. The van der Waals surface area contributed by atoms with E-state index in [9.17, 15) is 18.8 Å². The van der Waals surface area contributed by atoms with Gasteiger partial charge in [0.25, 0.3) is 0 Å². The summed E-state index contributed by atoms with van der Waals surface area (Å²) in [7, 11) is 1.22. The molecule has 0 spiro atoms. The largest absolute Gasteiger partial charge is 0.467 e. The van der Waals surface area contributed by atoms with Crippen LogP contribution in [-0.2, 0) is 25.5 Å². The molecule has 2 atom stereocenters. The molecule has 0 aliphatic rings. The Morgan fingerprint density at radius 3 is 2.27 bits per heavy atom. The second-order valence-corrected chi connectivity index (χ2v) is 4.84. The molecule has 0 fully saturated rings. The van der Waals surface area contributed by atoms with E-state index in [0.29, 0.717) is 5.56 Å². The van der Waals surface area contributed by atoms with Gasteiger partial charge in [-0.25, -0.2) is 9.18 Å². The van der Waals surface area contributed by atoms with Gasteiger partial charge in [0.1, 0.15) is 17.9 Å². The zero-order valence-electron chi connectivity index (χ0n) is 12.7. The number of hydrogen-bond acceptors (Lipinski definition) is 4. The van der Waals surface area contributed by atoms with E-state index < -0.39 is 24.0 Å². The number of hydrogen-bond donors (Lipinski definition) is 2. The lowest BCUT2D eigenvalue weighted by molar-refractivity contribution is -0.144. The van der Waals surface area contributed by atoms with E-state index in [-0.39, 0.29) is 18.1 Å². The van der Waals surface area contributed by atoms with Gasteiger partial charge >= 0.3 is 5.97 Å². The average Bonchev–Trinajstić information content (AvgIpc) is 2.47. The summed E-state index contributed by atoms with van der Waals surface area (Å²) < 4.78 is 17.4. The first-order chi connectivity index (χ1) is 10.3. The highest BCUT2D eigenvalue weighted by atomic mass is 19.1. The molecule has 22 heavy (non-hydrogen) atoms. The lowest BCUT2D eigenvalue weighted by Gasteiger charge is -2.20. The number of carbonyl (C=O) groups excluding carboxylic acids is 3. The topological polar surface area (TPSA) is 84.5 Å². The van der Waals surface area contributed by atoms with Crippen LogP contribution in [0.1, 0.15) is 19.4 Å². The Labute approximate surface area is 128 Å². The third-order valence-electron chi connectivity index (χ3n) is 2.96. The summed E-state index contributed by atoms with van der Waals surface area (Å²) in [5.41, 5.74) is 0.682. The second kappa shape index (κ2) is 8.11. The molecule has 7 heteroatoms. The van der Waals surface area contributed by atoms with E-state index >= 15 is 0 Å². The van der Waals surface area contributed by atoms with E-state index in [1.54, 1.807) is 0 Å². The van der Waals surface area contributed by atoms with Crippen molar-refractivity contribution < 1.29 is 23.5 Å². The van der Waals surface area contributed by atoms with Crippen LogP contribution in [0.25, 0.3) is 0 Å². The quantitative estimate of drug-likeness (QED) is 0.752. The van der Waals surface area contributed by atoms with Crippen molar-refractivity contribution in [3.63, 3.8) is 0 Å². The van der Waals surface area contributed by atoms with E-state index in [2.05, 4.69) is 15.4 Å². The monoisotopic (exact) mass is 310 g/mol. The number of esters is 1. The first-order valence-electron chi connectivity index (χ1n) is 6.73. The molecule has 1 aromatic rings. The van der Waals surface area contributed by atoms with E-state index in [1.165, 1.54) is 45.2 Å². The van der Waals surface area contributed by atoms with Crippen molar-refractivity contribution >= 4 is 17.8 Å². The first kappa shape index (κ1) is 17.6. The Hall–Kier alpha value is -2.44. The zero-order valence-corrected chi connectivity index (χ0v) is 12.7. The van der Waals surface area contributed by atoms with Crippen molar-refractivity contribution in [3.8, 4) is 0 Å². The molecule has 2 amide bonds. The Morgan fingerprint density at radius 1 is 1.18 bits per heavy atom. The summed E-state index contributed by atoms with van der Waals surface area (Å²) >= 11 is 0. The molecule has 2 N–H and O–H groups in total. The molecule has 1 rings (SSSR count). The van der Waals surface area contributed by atoms with Crippen LogP contribution in [0.4, 0.5) is 4.39 Å². The minimum Gasteiger partial charge on any atom is -0.467 e. The van der Waals surface area contributed by atoms with Crippen molar-refractivity contribution in [2.45, 2.75) is 32.4 Å². The minimum absolute atomic E-state index is 0.180. The lowest BCUT2D eigenvalue weighted by atomic mass is 10.0. The van der Waals surface area contributed by atoms with Gasteiger partial charge in [-0.3, -0.25) is 9.59 Å². The third-order valence-corrected chi connectivity index (χ3v) is 2.96. The van der Waals surface area contributed by atoms with Crippen molar-refractivity contribution in [1.82, 2.24) is 10.6 Å². The highest BCUT2D eigenvalue weighted by Crippen LogP contribution is 2.06. The number of methoxy groups -OCH3 is 1. The van der Waals surface area contributed by atoms with Gasteiger partial charge < -0.3 is 15.4 Å². The molecule has 6 nitrogen and oxygen atoms in total. The Kier molecular flexibility index (Phi) is 6.49. The smallest absolute Gasteiger partial charge is 0.328 e. The summed E-state index contributed by atoms with van der Waals surface area (Å²) in [4.78, 5) is 34.7. The van der Waals surface area contributed by atoms with Crippen LogP contribution in [0.5, 0.6) is 0 Å². The SMILES string of the molecule is COC(=O)[C@@H](C)NC(=O)[C@@H](Cc1ccc(F)cc1)NC(C)=O. The summed E-state index contributed by atoms with van der Waals surface area (Å²) in [6.45, 7) is 2.77. The fraction of sp³-hybridized carbons (Fsp3) is 0.400. The normalized spacial score (nSPS) is 12.9. The van der Waals surface area contributed by atoms with Crippen LogP contribution in [0, 0.1) is 5.82 Å². The molecule has 0 saturated carbocycles. The molecule has 0 aliphatic heterocycles. The number of benzene rings is 1. The molecule has 0 aromatic heterocycles. The molecular formula is C15H19FN2O4. The summed E-state index contributed by atoms with van der Waals surface area (Å²) in [5, 5.41) is 4.97. The van der Waals surface area contributed by atoms with Crippen molar-refractivity contribution in [2.24, 2.45) is 0 Å². The summed E-state index contributed by atoms with van der Waals surface area (Å²) in [5.74, 6) is -1.87. The second-order valence-electron chi connectivity index (χ2n) is 4.84. The van der Waals surface area contributed by atoms with Gasteiger partial charge in [-0.05, 0) is 24.6 Å². The van der Waals surface area contributed by atoms with Gasteiger partial charge in [0, 0.05) is 13.3 Å². The van der Waals surface area contributed by atoms with Gasteiger partial charge in [-0.15, -0.1) is 0 Å². The predicted molar refractivity (Wildman–Crippen MR) is 77.3 cm³/mol. The van der Waals surface area contributed by atoms with Crippen LogP contribution in [0.3, 0.4) is 0 Å². The summed E-state index contributed by atoms with van der Waals surface area (Å²) in [6.07, 6.45) is 0.180. The zero-order chi connectivity index (χ0) is 16.7. The standard InChI is InChI=1S/C15H19FN2O4/c1-9(15(21)22-3)17-14(20)13(18-10(2)19)8-11-4-6-12(16)7-5-11/h4-7,9,13H,8H2,1-3H3,(H,17,20)(H,18,19)/t9-,13-/m1/s1. The van der Waals surface area contributed by atoms with Crippen LogP contribution < -0.4 is 10.6 Å². The van der Waals surface area contributed by atoms with Gasteiger partial charge in [0.05, 0.1) is 7.11 Å². The molecule has 0 saturated heterocycles.